The molecule has 5 N–H and O–H groups in total. The summed E-state index contributed by atoms with van der Waals surface area (Å²) < 4.78 is 12.0. The molecule has 0 aliphatic heterocycles. The number of rotatable bonds is 40. The molecule has 0 aromatic carbocycles. The largest absolute Gasteiger partial charge is 0.389 e. The molecule has 0 heterocycles. The van der Waals surface area contributed by atoms with Crippen LogP contribution in [0.1, 0.15) is 207 Å². The first-order valence-electron chi connectivity index (χ1n) is 22.0. The number of unbranched alkanes of at least 4 members (excludes halogenated alkanes) is 20. The summed E-state index contributed by atoms with van der Waals surface area (Å²) in [5.41, 5.74) is 6.05. The quantitative estimate of drug-likeness (QED) is 0.0286. The fraction of sp³-hybridized carbons (Fsp3) is 0.977. The van der Waals surface area contributed by atoms with Gasteiger partial charge < -0.3 is 30.7 Å². The number of nitrogens with zero attached hydrogens (tertiary/aromatic N) is 1. The fourth-order valence-electron chi connectivity index (χ4n) is 6.81. The zero-order chi connectivity index (χ0) is 36.8. The summed E-state index contributed by atoms with van der Waals surface area (Å²) in [6.45, 7) is 11.5. The molecule has 0 aromatic rings. The van der Waals surface area contributed by atoms with Crippen LogP contribution in [0.3, 0.4) is 0 Å². The molecule has 0 aromatic heterocycles. The minimum atomic E-state index is -0.692. The molecule has 0 spiro atoms. The van der Waals surface area contributed by atoms with Gasteiger partial charge in [-0.25, -0.2) is 0 Å². The number of aliphatic imine (C=N–C) groups is 1. The Hall–Kier alpha value is -0.890. The van der Waals surface area contributed by atoms with Gasteiger partial charge >= 0.3 is 0 Å². The van der Waals surface area contributed by atoms with Crippen molar-refractivity contribution < 1.29 is 19.7 Å². The maximum Gasteiger partial charge on any atom is 0.188 e. The Balaban J connectivity index is 4.37. The molecule has 0 bridgehead atoms. The van der Waals surface area contributed by atoms with Crippen molar-refractivity contribution in [2.45, 2.75) is 220 Å². The molecule has 0 aliphatic rings. The Morgan fingerprint density at radius 1 is 0.480 bits per heavy atom. The average molecular weight is 712 g/mol. The van der Waals surface area contributed by atoms with Crippen LogP contribution in [0.4, 0.5) is 0 Å². The van der Waals surface area contributed by atoms with Gasteiger partial charge in [0.05, 0.1) is 32.0 Å². The van der Waals surface area contributed by atoms with Gasteiger partial charge in [-0.3, -0.25) is 4.99 Å². The third-order valence-corrected chi connectivity index (χ3v) is 10.2. The zero-order valence-electron chi connectivity index (χ0n) is 34.1. The standard InChI is InChI=1S/C43H89N3O4/c1-5-9-13-17-19-23-27-31-39(29-25-21-15-11-7-3)35-49-37-41(47)33-45-43(44)46-34-42(48)38-50-36-40(30-26-22-16-12-8-4)32-28-24-20-18-14-10-6-2/h39-42,47-48H,5-38H2,1-4H3,(H3,44,45,46). The lowest BCUT2D eigenvalue weighted by Gasteiger charge is -2.19. The van der Waals surface area contributed by atoms with Gasteiger partial charge in [-0.1, -0.05) is 182 Å². The van der Waals surface area contributed by atoms with Gasteiger partial charge in [0.15, 0.2) is 5.96 Å². The summed E-state index contributed by atoms with van der Waals surface area (Å²) in [7, 11) is 0. The van der Waals surface area contributed by atoms with Crippen molar-refractivity contribution in [3.05, 3.63) is 0 Å². The topological polar surface area (TPSA) is 109 Å². The van der Waals surface area contributed by atoms with E-state index in [1.54, 1.807) is 0 Å². The van der Waals surface area contributed by atoms with Crippen molar-refractivity contribution in [3.8, 4) is 0 Å². The summed E-state index contributed by atoms with van der Waals surface area (Å²) in [5, 5.41) is 24.0. The summed E-state index contributed by atoms with van der Waals surface area (Å²) in [6.07, 6.45) is 35.3. The van der Waals surface area contributed by atoms with E-state index in [1.807, 2.05) is 0 Å². The fourth-order valence-corrected chi connectivity index (χ4v) is 6.81. The number of nitrogens with two attached hydrogens (primary N) is 1. The van der Waals surface area contributed by atoms with Gasteiger partial charge in [0, 0.05) is 19.8 Å². The minimum Gasteiger partial charge on any atom is -0.389 e. The van der Waals surface area contributed by atoms with Crippen molar-refractivity contribution >= 4 is 5.96 Å². The molecule has 0 radical (unpaired) electrons. The third-order valence-electron chi connectivity index (χ3n) is 10.2. The lowest BCUT2D eigenvalue weighted by molar-refractivity contribution is 0.0196. The van der Waals surface area contributed by atoms with Crippen LogP contribution in [-0.4, -0.2) is 67.9 Å². The molecule has 0 rings (SSSR count). The first kappa shape index (κ1) is 49.1. The SMILES string of the molecule is CCCCCCCCCC(CCCCCCC)COCC(O)CN=C(N)NCC(O)COCC(CCCCCCC)CCCCCCCCC. The van der Waals surface area contributed by atoms with Crippen LogP contribution < -0.4 is 11.1 Å². The van der Waals surface area contributed by atoms with Gasteiger partial charge in [0.2, 0.25) is 0 Å². The molecule has 0 fully saturated rings. The first-order valence-corrected chi connectivity index (χ1v) is 22.0. The molecule has 300 valence electrons. The highest BCUT2D eigenvalue weighted by Gasteiger charge is 2.13. The van der Waals surface area contributed by atoms with E-state index < -0.39 is 12.2 Å². The number of ether oxygens (including phenoxy) is 2. The summed E-state index contributed by atoms with van der Waals surface area (Å²) >= 11 is 0. The van der Waals surface area contributed by atoms with Crippen LogP contribution in [0, 0.1) is 11.8 Å². The van der Waals surface area contributed by atoms with Gasteiger partial charge in [0.1, 0.15) is 0 Å². The summed E-state index contributed by atoms with van der Waals surface area (Å²) in [6, 6.07) is 0. The highest BCUT2D eigenvalue weighted by molar-refractivity contribution is 5.77. The van der Waals surface area contributed by atoms with E-state index in [0.717, 1.165) is 6.61 Å². The Kier molecular flexibility index (Phi) is 38.6. The zero-order valence-corrected chi connectivity index (χ0v) is 34.1. The Morgan fingerprint density at radius 3 is 1.16 bits per heavy atom. The highest BCUT2D eigenvalue weighted by atomic mass is 16.5. The molecule has 0 saturated carbocycles. The lowest BCUT2D eigenvalue weighted by atomic mass is 9.95. The van der Waals surface area contributed by atoms with E-state index >= 15 is 0 Å². The van der Waals surface area contributed by atoms with Crippen molar-refractivity contribution in [2.75, 3.05) is 39.5 Å². The van der Waals surface area contributed by atoms with E-state index in [9.17, 15) is 10.2 Å². The molecule has 4 unspecified atom stereocenters. The monoisotopic (exact) mass is 712 g/mol. The molecule has 7 nitrogen and oxygen atoms in total. The molecule has 0 aliphatic carbocycles. The Morgan fingerprint density at radius 2 is 0.800 bits per heavy atom. The van der Waals surface area contributed by atoms with Crippen LogP contribution in [0.2, 0.25) is 0 Å². The first-order chi connectivity index (χ1) is 24.5. The smallest absolute Gasteiger partial charge is 0.188 e. The normalized spacial score (nSPS) is 14.6. The van der Waals surface area contributed by atoms with E-state index in [2.05, 4.69) is 38.0 Å². The predicted molar refractivity (Wildman–Crippen MR) is 217 cm³/mol. The van der Waals surface area contributed by atoms with Crippen molar-refractivity contribution in [3.63, 3.8) is 0 Å². The maximum atomic E-state index is 10.5. The van der Waals surface area contributed by atoms with Gasteiger partial charge in [-0.15, -0.1) is 0 Å². The van der Waals surface area contributed by atoms with Crippen LogP contribution in [0.5, 0.6) is 0 Å². The number of hydrogen-bond acceptors (Lipinski definition) is 5. The van der Waals surface area contributed by atoms with Crippen molar-refractivity contribution in [2.24, 2.45) is 22.6 Å². The third kappa shape index (κ3) is 35.5. The Bertz CT molecular complexity index is 695. The second-order valence-corrected chi connectivity index (χ2v) is 15.4. The molecular formula is C43H89N3O4. The Labute approximate surface area is 312 Å². The van der Waals surface area contributed by atoms with E-state index in [0.29, 0.717) is 25.0 Å². The van der Waals surface area contributed by atoms with Crippen LogP contribution in [0.15, 0.2) is 4.99 Å². The number of aliphatic hydroxyl groups is 2. The lowest BCUT2D eigenvalue weighted by Crippen LogP contribution is -2.39. The van der Waals surface area contributed by atoms with Crippen molar-refractivity contribution in [1.29, 1.82) is 0 Å². The molecule has 4 atom stereocenters. The highest BCUT2D eigenvalue weighted by Crippen LogP contribution is 2.21. The van der Waals surface area contributed by atoms with Crippen LogP contribution in [0.25, 0.3) is 0 Å². The number of guanidine groups is 1. The van der Waals surface area contributed by atoms with Crippen molar-refractivity contribution in [1.82, 2.24) is 5.32 Å². The maximum absolute atomic E-state index is 10.5. The average Bonchev–Trinajstić information content (AvgIpc) is 3.11. The summed E-state index contributed by atoms with van der Waals surface area (Å²) in [4.78, 5) is 4.29. The summed E-state index contributed by atoms with van der Waals surface area (Å²) in [5.74, 6) is 1.37. The van der Waals surface area contributed by atoms with Crippen LogP contribution >= 0.6 is 0 Å². The number of aliphatic hydroxyl groups excluding tert-OH is 2. The molecular weight excluding hydrogens is 622 g/mol. The second kappa shape index (κ2) is 39.3. The second-order valence-electron chi connectivity index (χ2n) is 15.4. The van der Waals surface area contributed by atoms with E-state index in [1.165, 1.54) is 180 Å². The molecule has 0 amide bonds. The molecule has 7 heteroatoms. The van der Waals surface area contributed by atoms with Gasteiger partial charge in [-0.05, 0) is 37.5 Å². The van der Waals surface area contributed by atoms with E-state index in [-0.39, 0.29) is 25.7 Å². The molecule has 0 saturated heterocycles. The van der Waals surface area contributed by atoms with Gasteiger partial charge in [0.25, 0.3) is 0 Å². The van der Waals surface area contributed by atoms with Gasteiger partial charge in [-0.2, -0.15) is 0 Å². The predicted octanol–water partition coefficient (Wildman–Crippen LogP) is 10.9. The number of nitrogens with one attached hydrogen (secondary N) is 1. The molecule has 50 heavy (non-hydrogen) atoms. The van der Waals surface area contributed by atoms with E-state index in [4.69, 9.17) is 15.2 Å². The van der Waals surface area contributed by atoms with Crippen LogP contribution in [-0.2, 0) is 9.47 Å². The number of hydrogen-bond donors (Lipinski definition) is 4. The minimum absolute atomic E-state index is 0.184.